The predicted octanol–water partition coefficient (Wildman–Crippen LogP) is 2.01. The van der Waals surface area contributed by atoms with Crippen LogP contribution in [0.15, 0.2) is 18.5 Å². The fraction of sp³-hybridized carbons (Fsp3) is 0.583. The number of pyridine rings is 1. The summed E-state index contributed by atoms with van der Waals surface area (Å²) in [7, 11) is 0. The van der Waals surface area contributed by atoms with Crippen LogP contribution in [-0.4, -0.2) is 18.1 Å². The summed E-state index contributed by atoms with van der Waals surface area (Å²) in [6.45, 7) is 5.69. The van der Waals surface area contributed by atoms with Crippen LogP contribution in [0.3, 0.4) is 0 Å². The lowest BCUT2D eigenvalue weighted by atomic mass is 10.0. The van der Waals surface area contributed by atoms with Gasteiger partial charge in [0.2, 0.25) is 0 Å². The summed E-state index contributed by atoms with van der Waals surface area (Å²) in [4.78, 5) is 4.16. The number of rotatable bonds is 6. The van der Waals surface area contributed by atoms with E-state index in [-0.39, 0.29) is 0 Å². The monoisotopic (exact) mass is 208 g/mol. The zero-order valence-corrected chi connectivity index (χ0v) is 9.57. The lowest BCUT2D eigenvalue weighted by Gasteiger charge is -2.09. The Kier molecular flexibility index (Phi) is 5.12. The fourth-order valence-corrected chi connectivity index (χ4v) is 1.36. The van der Waals surface area contributed by atoms with E-state index in [0.29, 0.717) is 12.5 Å². The largest absolute Gasteiger partial charge is 0.492 e. The average molecular weight is 208 g/mol. The molecule has 1 heterocycles. The van der Waals surface area contributed by atoms with E-state index >= 15 is 0 Å². The third kappa shape index (κ3) is 4.30. The molecule has 0 fully saturated rings. The quantitative estimate of drug-likeness (QED) is 0.778. The van der Waals surface area contributed by atoms with Crippen LogP contribution in [0.25, 0.3) is 0 Å². The number of ether oxygens (including phenoxy) is 1. The molecular weight excluding hydrogens is 188 g/mol. The maximum atomic E-state index is 5.59. The smallest absolute Gasteiger partial charge is 0.137 e. The second-order valence-corrected chi connectivity index (χ2v) is 3.92. The van der Waals surface area contributed by atoms with Crippen molar-refractivity contribution >= 4 is 0 Å². The number of hydrogen-bond acceptors (Lipinski definition) is 3. The molecule has 0 amide bonds. The zero-order chi connectivity index (χ0) is 11.1. The molecule has 0 saturated heterocycles. The molecule has 0 aliphatic heterocycles. The molecule has 0 aliphatic rings. The van der Waals surface area contributed by atoms with Gasteiger partial charge < -0.3 is 10.5 Å². The van der Waals surface area contributed by atoms with E-state index in [1.165, 1.54) is 5.56 Å². The van der Waals surface area contributed by atoms with Gasteiger partial charge in [-0.1, -0.05) is 13.8 Å². The molecule has 1 atom stereocenters. The Labute approximate surface area is 91.7 Å². The molecule has 1 aromatic heterocycles. The van der Waals surface area contributed by atoms with E-state index in [4.69, 9.17) is 10.5 Å². The maximum absolute atomic E-state index is 5.59. The van der Waals surface area contributed by atoms with E-state index in [1.807, 2.05) is 6.20 Å². The van der Waals surface area contributed by atoms with Crippen LogP contribution in [0.1, 0.15) is 25.8 Å². The van der Waals surface area contributed by atoms with Gasteiger partial charge in [0, 0.05) is 6.20 Å². The minimum Gasteiger partial charge on any atom is -0.492 e. The number of aromatic nitrogens is 1. The molecule has 0 spiro atoms. The van der Waals surface area contributed by atoms with Crippen molar-refractivity contribution in [2.24, 2.45) is 11.7 Å². The van der Waals surface area contributed by atoms with Gasteiger partial charge in [0.15, 0.2) is 0 Å². The fourth-order valence-electron chi connectivity index (χ4n) is 1.36. The highest BCUT2D eigenvalue weighted by atomic mass is 16.5. The summed E-state index contributed by atoms with van der Waals surface area (Å²) in [6.07, 6.45) is 5.62. The second kappa shape index (κ2) is 6.40. The van der Waals surface area contributed by atoms with Gasteiger partial charge >= 0.3 is 0 Å². The second-order valence-electron chi connectivity index (χ2n) is 3.92. The lowest BCUT2D eigenvalue weighted by molar-refractivity contribution is 0.315. The van der Waals surface area contributed by atoms with Gasteiger partial charge in [0.05, 0.1) is 12.8 Å². The first-order chi connectivity index (χ1) is 7.26. The van der Waals surface area contributed by atoms with Crippen molar-refractivity contribution in [1.29, 1.82) is 0 Å². The van der Waals surface area contributed by atoms with Crippen molar-refractivity contribution in [2.75, 3.05) is 13.2 Å². The number of nitrogens with two attached hydrogens (primary N) is 1. The molecule has 1 unspecified atom stereocenters. The van der Waals surface area contributed by atoms with Gasteiger partial charge in [-0.3, -0.25) is 4.98 Å². The molecule has 0 aromatic carbocycles. The lowest BCUT2D eigenvalue weighted by Crippen LogP contribution is -2.13. The van der Waals surface area contributed by atoms with Crippen LogP contribution >= 0.6 is 0 Å². The Bertz CT molecular complexity index is 289. The molecule has 84 valence electrons. The maximum Gasteiger partial charge on any atom is 0.137 e. The number of hydrogen-bond donors (Lipinski definition) is 1. The van der Waals surface area contributed by atoms with E-state index in [9.17, 15) is 0 Å². The van der Waals surface area contributed by atoms with Crippen LogP contribution in [0.5, 0.6) is 5.75 Å². The summed E-state index contributed by atoms with van der Waals surface area (Å²) in [5.74, 6) is 1.35. The third-order valence-electron chi connectivity index (χ3n) is 2.23. The molecule has 3 nitrogen and oxygen atoms in total. The molecule has 1 aromatic rings. The van der Waals surface area contributed by atoms with E-state index < -0.39 is 0 Å². The van der Waals surface area contributed by atoms with Gasteiger partial charge in [0.1, 0.15) is 5.75 Å². The molecule has 2 N–H and O–H groups in total. The first kappa shape index (κ1) is 12.0. The minimum atomic E-state index is 0.494. The standard InChI is InChI=1S/C12H20N2O/c1-3-4-15-12-6-11(8-14-9-12)5-10(2)7-13/h6,8-10H,3-5,7,13H2,1-2H3. The molecule has 15 heavy (non-hydrogen) atoms. The predicted molar refractivity (Wildman–Crippen MR) is 61.9 cm³/mol. The highest BCUT2D eigenvalue weighted by molar-refractivity contribution is 5.23. The van der Waals surface area contributed by atoms with Crippen molar-refractivity contribution in [3.63, 3.8) is 0 Å². The van der Waals surface area contributed by atoms with Crippen molar-refractivity contribution in [3.8, 4) is 5.75 Å². The zero-order valence-electron chi connectivity index (χ0n) is 9.57. The van der Waals surface area contributed by atoms with Gasteiger partial charge in [-0.25, -0.2) is 0 Å². The molecule has 0 radical (unpaired) electrons. The Morgan fingerprint density at radius 2 is 2.27 bits per heavy atom. The summed E-state index contributed by atoms with van der Waals surface area (Å²) in [6, 6.07) is 2.05. The summed E-state index contributed by atoms with van der Waals surface area (Å²) in [5.41, 5.74) is 6.78. The Morgan fingerprint density at radius 3 is 2.93 bits per heavy atom. The van der Waals surface area contributed by atoms with Crippen LogP contribution in [0, 0.1) is 5.92 Å². The minimum absolute atomic E-state index is 0.494. The van der Waals surface area contributed by atoms with E-state index in [1.54, 1.807) is 6.20 Å². The van der Waals surface area contributed by atoms with Crippen molar-refractivity contribution in [1.82, 2.24) is 4.98 Å². The van der Waals surface area contributed by atoms with Gasteiger partial charge in [-0.05, 0) is 36.9 Å². The Balaban J connectivity index is 2.57. The van der Waals surface area contributed by atoms with Crippen LogP contribution < -0.4 is 10.5 Å². The van der Waals surface area contributed by atoms with Crippen molar-refractivity contribution in [2.45, 2.75) is 26.7 Å². The molecule has 1 rings (SSSR count). The third-order valence-corrected chi connectivity index (χ3v) is 2.23. The molecule has 3 heteroatoms. The highest BCUT2D eigenvalue weighted by Crippen LogP contribution is 2.14. The van der Waals surface area contributed by atoms with Crippen LogP contribution in [0.2, 0.25) is 0 Å². The Hall–Kier alpha value is -1.09. The number of nitrogens with zero attached hydrogens (tertiary/aromatic N) is 1. The van der Waals surface area contributed by atoms with Gasteiger partial charge in [0.25, 0.3) is 0 Å². The molecular formula is C12H20N2O. The van der Waals surface area contributed by atoms with Crippen LogP contribution in [-0.2, 0) is 6.42 Å². The summed E-state index contributed by atoms with van der Waals surface area (Å²) < 4.78 is 5.52. The van der Waals surface area contributed by atoms with Gasteiger partial charge in [-0.15, -0.1) is 0 Å². The van der Waals surface area contributed by atoms with Gasteiger partial charge in [-0.2, -0.15) is 0 Å². The van der Waals surface area contributed by atoms with Crippen molar-refractivity contribution < 1.29 is 4.74 Å². The SMILES string of the molecule is CCCOc1cncc(CC(C)CN)c1. The first-order valence-corrected chi connectivity index (χ1v) is 5.53. The topological polar surface area (TPSA) is 48.1 Å². The first-order valence-electron chi connectivity index (χ1n) is 5.53. The summed E-state index contributed by atoms with van der Waals surface area (Å²) in [5, 5.41) is 0. The van der Waals surface area contributed by atoms with Crippen LogP contribution in [0.4, 0.5) is 0 Å². The molecule has 0 bridgehead atoms. The van der Waals surface area contributed by atoms with E-state index in [2.05, 4.69) is 24.9 Å². The van der Waals surface area contributed by atoms with Crippen molar-refractivity contribution in [3.05, 3.63) is 24.0 Å². The highest BCUT2D eigenvalue weighted by Gasteiger charge is 2.03. The summed E-state index contributed by atoms with van der Waals surface area (Å²) >= 11 is 0. The Morgan fingerprint density at radius 1 is 1.47 bits per heavy atom. The molecule has 0 aliphatic carbocycles. The normalized spacial score (nSPS) is 12.5. The van der Waals surface area contributed by atoms with E-state index in [0.717, 1.165) is 25.2 Å². The average Bonchev–Trinajstić information content (AvgIpc) is 2.26. The molecule has 0 saturated carbocycles.